The molecule has 0 bridgehead atoms. The zero-order valence-corrected chi connectivity index (χ0v) is 8.14. The summed E-state index contributed by atoms with van der Waals surface area (Å²) in [5.41, 5.74) is 1.46. The van der Waals surface area contributed by atoms with Crippen LogP contribution in [0.4, 0.5) is 0 Å². The van der Waals surface area contributed by atoms with Crippen molar-refractivity contribution < 1.29 is 5.11 Å². The van der Waals surface area contributed by atoms with E-state index in [1.165, 1.54) is 5.57 Å². The van der Waals surface area contributed by atoms with Crippen LogP contribution in [-0.4, -0.2) is 11.7 Å². The van der Waals surface area contributed by atoms with Crippen molar-refractivity contribution in [3.8, 4) is 0 Å². The molecule has 1 fully saturated rings. The van der Waals surface area contributed by atoms with Crippen molar-refractivity contribution in [2.45, 2.75) is 33.1 Å². The van der Waals surface area contributed by atoms with Gasteiger partial charge in [0, 0.05) is 6.61 Å². The standard InChI is InChI=1S/C11H19O/c1-9-5-4-6-11(2,3)10(7-9)8-12/h6,10,12H,1,4-5,7-8H2,2-3H3/t10-/m1/s1. The fraction of sp³-hybridized carbons (Fsp3) is 0.727. The van der Waals surface area contributed by atoms with E-state index < -0.39 is 0 Å². The lowest BCUT2D eigenvalue weighted by molar-refractivity contribution is 0.142. The number of hydrogen-bond acceptors (Lipinski definition) is 1. The first kappa shape index (κ1) is 9.79. The van der Waals surface area contributed by atoms with E-state index in [0.717, 1.165) is 19.3 Å². The van der Waals surface area contributed by atoms with E-state index in [2.05, 4.69) is 26.8 Å². The first-order valence-electron chi connectivity index (χ1n) is 4.68. The molecule has 0 aromatic carbocycles. The molecule has 0 aromatic rings. The Balaban J connectivity index is 2.69. The van der Waals surface area contributed by atoms with Crippen LogP contribution in [0, 0.1) is 17.8 Å². The highest BCUT2D eigenvalue weighted by Gasteiger charge is 2.31. The van der Waals surface area contributed by atoms with Crippen molar-refractivity contribution in [3.63, 3.8) is 0 Å². The smallest absolute Gasteiger partial charge is 0.0467 e. The summed E-state index contributed by atoms with van der Waals surface area (Å²) in [5.74, 6) is 0.368. The molecule has 1 saturated carbocycles. The third kappa shape index (κ3) is 2.10. The molecule has 0 spiro atoms. The van der Waals surface area contributed by atoms with E-state index in [9.17, 15) is 5.11 Å². The van der Waals surface area contributed by atoms with E-state index in [1.807, 2.05) is 0 Å². The van der Waals surface area contributed by atoms with Gasteiger partial charge in [0.15, 0.2) is 0 Å². The van der Waals surface area contributed by atoms with Gasteiger partial charge in [0.25, 0.3) is 0 Å². The summed E-state index contributed by atoms with van der Waals surface area (Å²) in [6, 6.07) is 0. The van der Waals surface area contributed by atoms with Crippen LogP contribution in [0.25, 0.3) is 0 Å². The maximum Gasteiger partial charge on any atom is 0.0467 e. The molecule has 69 valence electrons. The van der Waals surface area contributed by atoms with Crippen molar-refractivity contribution in [2.75, 3.05) is 6.61 Å². The molecule has 1 aliphatic carbocycles. The van der Waals surface area contributed by atoms with Crippen molar-refractivity contribution in [1.29, 1.82) is 0 Å². The Morgan fingerprint density at radius 3 is 2.92 bits per heavy atom. The van der Waals surface area contributed by atoms with Gasteiger partial charge in [-0.3, -0.25) is 0 Å². The largest absolute Gasteiger partial charge is 0.396 e. The van der Waals surface area contributed by atoms with Gasteiger partial charge in [0.2, 0.25) is 0 Å². The summed E-state index contributed by atoms with van der Waals surface area (Å²) in [6.45, 7) is 8.69. The lowest BCUT2D eigenvalue weighted by atomic mass is 9.75. The van der Waals surface area contributed by atoms with Crippen LogP contribution in [0.2, 0.25) is 0 Å². The number of rotatable bonds is 1. The van der Waals surface area contributed by atoms with Crippen LogP contribution in [0.3, 0.4) is 0 Å². The zero-order chi connectivity index (χ0) is 9.19. The summed E-state index contributed by atoms with van der Waals surface area (Å²) >= 11 is 0. The summed E-state index contributed by atoms with van der Waals surface area (Å²) in [5, 5.41) is 9.21. The SMILES string of the molecule is C=C1CC[CH]C(C)(C)[C@@H](CO)C1. The van der Waals surface area contributed by atoms with Crippen LogP contribution in [-0.2, 0) is 0 Å². The first-order chi connectivity index (χ1) is 5.56. The van der Waals surface area contributed by atoms with Gasteiger partial charge in [-0.05, 0) is 37.0 Å². The van der Waals surface area contributed by atoms with E-state index in [1.54, 1.807) is 0 Å². The second-order valence-corrected chi connectivity index (χ2v) is 4.40. The Morgan fingerprint density at radius 2 is 2.33 bits per heavy atom. The highest BCUT2D eigenvalue weighted by atomic mass is 16.3. The highest BCUT2D eigenvalue weighted by Crippen LogP contribution is 2.39. The molecule has 1 nitrogen and oxygen atoms in total. The molecule has 0 amide bonds. The van der Waals surface area contributed by atoms with Crippen LogP contribution in [0.1, 0.15) is 33.1 Å². The van der Waals surface area contributed by atoms with Gasteiger partial charge in [-0.25, -0.2) is 0 Å². The minimum Gasteiger partial charge on any atom is -0.396 e. The van der Waals surface area contributed by atoms with Gasteiger partial charge >= 0.3 is 0 Å². The maximum absolute atomic E-state index is 9.21. The number of aliphatic hydroxyl groups excluding tert-OH is 1. The quantitative estimate of drug-likeness (QED) is 0.470. The monoisotopic (exact) mass is 167 g/mol. The molecular formula is C11H19O. The molecule has 0 heterocycles. The minimum atomic E-state index is 0.175. The molecule has 0 saturated heterocycles. The normalized spacial score (nSPS) is 29.9. The Bertz CT molecular complexity index is 170. The van der Waals surface area contributed by atoms with Crippen molar-refractivity contribution in [1.82, 2.24) is 0 Å². The van der Waals surface area contributed by atoms with Gasteiger partial charge < -0.3 is 5.11 Å². The second kappa shape index (κ2) is 3.61. The van der Waals surface area contributed by atoms with Crippen molar-refractivity contribution in [2.24, 2.45) is 11.3 Å². The average Bonchev–Trinajstić information content (AvgIpc) is 2.10. The zero-order valence-electron chi connectivity index (χ0n) is 8.14. The van der Waals surface area contributed by atoms with E-state index in [-0.39, 0.29) is 12.0 Å². The Morgan fingerprint density at radius 1 is 1.67 bits per heavy atom. The fourth-order valence-electron chi connectivity index (χ4n) is 1.83. The van der Waals surface area contributed by atoms with Crippen LogP contribution in [0.5, 0.6) is 0 Å². The number of allylic oxidation sites excluding steroid dienone is 1. The lowest BCUT2D eigenvalue weighted by Crippen LogP contribution is -2.26. The molecule has 1 heteroatoms. The third-order valence-electron chi connectivity index (χ3n) is 2.98. The Kier molecular flexibility index (Phi) is 2.94. The predicted molar refractivity (Wildman–Crippen MR) is 51.6 cm³/mol. The van der Waals surface area contributed by atoms with Crippen LogP contribution in [0.15, 0.2) is 12.2 Å². The number of hydrogen-bond donors (Lipinski definition) is 1. The Hall–Kier alpha value is -0.300. The molecule has 1 aliphatic rings. The summed E-state index contributed by atoms with van der Waals surface area (Å²) < 4.78 is 0. The molecule has 0 unspecified atom stereocenters. The fourth-order valence-corrected chi connectivity index (χ4v) is 1.83. The highest BCUT2D eigenvalue weighted by molar-refractivity contribution is 5.06. The predicted octanol–water partition coefficient (Wildman–Crippen LogP) is 2.57. The average molecular weight is 167 g/mol. The Labute approximate surface area is 75.5 Å². The first-order valence-corrected chi connectivity index (χ1v) is 4.68. The molecule has 0 aromatic heterocycles. The second-order valence-electron chi connectivity index (χ2n) is 4.40. The lowest BCUT2D eigenvalue weighted by Gasteiger charge is -2.30. The maximum atomic E-state index is 9.21. The van der Waals surface area contributed by atoms with E-state index >= 15 is 0 Å². The van der Waals surface area contributed by atoms with Gasteiger partial charge in [-0.15, -0.1) is 0 Å². The molecular weight excluding hydrogens is 148 g/mol. The number of aliphatic hydroxyl groups is 1. The summed E-state index contributed by atoms with van der Waals surface area (Å²) in [4.78, 5) is 0. The summed E-state index contributed by atoms with van der Waals surface area (Å²) in [7, 11) is 0. The third-order valence-corrected chi connectivity index (χ3v) is 2.98. The topological polar surface area (TPSA) is 20.2 Å². The van der Waals surface area contributed by atoms with Crippen LogP contribution < -0.4 is 0 Å². The van der Waals surface area contributed by atoms with E-state index in [0.29, 0.717) is 5.92 Å². The van der Waals surface area contributed by atoms with Crippen molar-refractivity contribution in [3.05, 3.63) is 18.6 Å². The molecule has 1 rings (SSSR count). The molecule has 1 N–H and O–H groups in total. The molecule has 0 aliphatic heterocycles. The van der Waals surface area contributed by atoms with Gasteiger partial charge in [-0.1, -0.05) is 26.0 Å². The minimum absolute atomic E-state index is 0.175. The van der Waals surface area contributed by atoms with E-state index in [4.69, 9.17) is 0 Å². The molecule has 1 radical (unpaired) electrons. The van der Waals surface area contributed by atoms with Crippen molar-refractivity contribution >= 4 is 0 Å². The molecule has 1 atom stereocenters. The molecule has 12 heavy (non-hydrogen) atoms. The summed E-state index contributed by atoms with van der Waals surface area (Å²) in [6.07, 6.45) is 5.52. The van der Waals surface area contributed by atoms with Gasteiger partial charge in [-0.2, -0.15) is 0 Å². The van der Waals surface area contributed by atoms with Gasteiger partial charge in [0.1, 0.15) is 0 Å². The van der Waals surface area contributed by atoms with Crippen LogP contribution >= 0.6 is 0 Å². The van der Waals surface area contributed by atoms with Gasteiger partial charge in [0.05, 0.1) is 0 Å².